The standard InChI is InChI=1S/C27H28N6O4/c1-36-25-15-18(17-31-11-13-37-14-12-31)24(33(34)35)16-21(25)30-27-28-9-8-20(29-27)26-19-5-2-3-6-22(19)32-10-4-7-23(26)32/h2-3,5-6,8-9,15-16H,4,7,10-14,17H2,1H3,(H,28,29,30). The molecule has 0 amide bonds. The number of aromatic nitrogens is 3. The summed E-state index contributed by atoms with van der Waals surface area (Å²) in [4.78, 5) is 23.0. The van der Waals surface area contributed by atoms with Crippen molar-refractivity contribution in [3.8, 4) is 17.0 Å². The van der Waals surface area contributed by atoms with Gasteiger partial charge in [0.25, 0.3) is 5.69 Å². The molecule has 0 aliphatic carbocycles. The van der Waals surface area contributed by atoms with E-state index < -0.39 is 0 Å². The minimum atomic E-state index is -0.353. The number of nitrogens with zero attached hydrogens (tertiary/aromatic N) is 5. The zero-order chi connectivity index (χ0) is 25.4. The van der Waals surface area contributed by atoms with Crippen LogP contribution in [0, 0.1) is 10.1 Å². The summed E-state index contributed by atoms with van der Waals surface area (Å²) >= 11 is 0. The molecule has 6 rings (SSSR count). The molecular weight excluding hydrogens is 472 g/mol. The van der Waals surface area contributed by atoms with Gasteiger partial charge in [-0.1, -0.05) is 18.2 Å². The number of hydrogen-bond acceptors (Lipinski definition) is 8. The number of nitro benzene ring substituents is 1. The number of rotatable bonds is 7. The minimum Gasteiger partial charge on any atom is -0.495 e. The molecule has 2 aromatic heterocycles. The van der Waals surface area contributed by atoms with Crippen LogP contribution in [0.3, 0.4) is 0 Å². The lowest BCUT2D eigenvalue weighted by molar-refractivity contribution is -0.385. The first kappa shape index (κ1) is 23.4. The number of anilines is 2. The smallest absolute Gasteiger partial charge is 0.276 e. The Labute approximate surface area is 214 Å². The normalized spacial score (nSPS) is 15.6. The number of nitrogens with one attached hydrogen (secondary N) is 1. The summed E-state index contributed by atoms with van der Waals surface area (Å²) in [6.45, 7) is 4.17. The van der Waals surface area contributed by atoms with Gasteiger partial charge in [-0.2, -0.15) is 0 Å². The minimum absolute atomic E-state index is 0.0298. The largest absolute Gasteiger partial charge is 0.495 e. The molecule has 0 bridgehead atoms. The third kappa shape index (κ3) is 4.38. The van der Waals surface area contributed by atoms with Crippen LogP contribution in [0.2, 0.25) is 0 Å². The lowest BCUT2D eigenvalue weighted by atomic mass is 10.1. The summed E-state index contributed by atoms with van der Waals surface area (Å²) in [5.41, 5.74) is 5.52. The number of morpholine rings is 1. The van der Waals surface area contributed by atoms with Crippen LogP contribution in [-0.2, 0) is 24.2 Å². The van der Waals surface area contributed by atoms with E-state index >= 15 is 0 Å². The zero-order valence-corrected chi connectivity index (χ0v) is 20.6. The fourth-order valence-electron chi connectivity index (χ4n) is 5.41. The molecule has 2 aliphatic heterocycles. The molecule has 190 valence electrons. The van der Waals surface area contributed by atoms with Gasteiger partial charge in [0.1, 0.15) is 5.75 Å². The van der Waals surface area contributed by atoms with Crippen molar-refractivity contribution in [2.75, 3.05) is 38.7 Å². The van der Waals surface area contributed by atoms with Crippen LogP contribution in [0.4, 0.5) is 17.3 Å². The molecule has 37 heavy (non-hydrogen) atoms. The lowest BCUT2D eigenvalue weighted by Gasteiger charge is -2.26. The van der Waals surface area contributed by atoms with Gasteiger partial charge in [-0.15, -0.1) is 0 Å². The highest BCUT2D eigenvalue weighted by Crippen LogP contribution is 2.39. The van der Waals surface area contributed by atoms with Gasteiger partial charge in [0.05, 0.1) is 36.6 Å². The van der Waals surface area contributed by atoms with Crippen molar-refractivity contribution in [1.82, 2.24) is 19.4 Å². The fraction of sp³-hybridized carbons (Fsp3) is 0.333. The van der Waals surface area contributed by atoms with Crippen LogP contribution in [0.5, 0.6) is 5.75 Å². The molecule has 4 heterocycles. The average molecular weight is 501 g/mol. The van der Waals surface area contributed by atoms with E-state index in [4.69, 9.17) is 14.5 Å². The van der Waals surface area contributed by atoms with Gasteiger partial charge in [-0.25, -0.2) is 9.97 Å². The Hall–Kier alpha value is -4.02. The molecule has 2 aliphatic rings. The summed E-state index contributed by atoms with van der Waals surface area (Å²) in [6.07, 6.45) is 3.83. The number of para-hydroxylation sites is 1. The van der Waals surface area contributed by atoms with Crippen molar-refractivity contribution in [3.63, 3.8) is 0 Å². The first-order valence-corrected chi connectivity index (χ1v) is 12.5. The third-order valence-electron chi connectivity index (χ3n) is 7.13. The molecule has 1 N–H and O–H groups in total. The number of aryl methyl sites for hydroxylation is 1. The van der Waals surface area contributed by atoms with Crippen molar-refractivity contribution in [1.29, 1.82) is 0 Å². The van der Waals surface area contributed by atoms with E-state index in [2.05, 4.69) is 38.0 Å². The highest BCUT2D eigenvalue weighted by Gasteiger charge is 2.24. The Kier molecular flexibility index (Phi) is 6.19. The second-order valence-electron chi connectivity index (χ2n) is 9.31. The van der Waals surface area contributed by atoms with Crippen LogP contribution in [0.15, 0.2) is 48.7 Å². The van der Waals surface area contributed by atoms with Crippen LogP contribution < -0.4 is 10.1 Å². The number of benzene rings is 2. The molecule has 0 atom stereocenters. The number of nitro groups is 1. The average Bonchev–Trinajstić information content (AvgIpc) is 3.51. The molecule has 1 fully saturated rings. The van der Waals surface area contributed by atoms with Crippen molar-refractivity contribution >= 4 is 28.2 Å². The summed E-state index contributed by atoms with van der Waals surface area (Å²) in [7, 11) is 1.55. The Balaban J connectivity index is 1.35. The third-order valence-corrected chi connectivity index (χ3v) is 7.13. The maximum absolute atomic E-state index is 12.0. The predicted octanol–water partition coefficient (Wildman–Crippen LogP) is 4.54. The Bertz CT molecular complexity index is 1480. The van der Waals surface area contributed by atoms with E-state index in [1.165, 1.54) is 22.7 Å². The van der Waals surface area contributed by atoms with Crippen LogP contribution >= 0.6 is 0 Å². The van der Waals surface area contributed by atoms with Crippen molar-refractivity contribution in [2.24, 2.45) is 0 Å². The molecule has 0 spiro atoms. The zero-order valence-electron chi connectivity index (χ0n) is 20.6. The van der Waals surface area contributed by atoms with E-state index in [1.807, 2.05) is 12.1 Å². The Morgan fingerprint density at radius 1 is 1.16 bits per heavy atom. The molecule has 0 radical (unpaired) electrons. The van der Waals surface area contributed by atoms with Gasteiger partial charge in [-0.05, 0) is 31.0 Å². The molecular formula is C27H28N6O4. The first-order chi connectivity index (χ1) is 18.1. The van der Waals surface area contributed by atoms with Crippen LogP contribution in [0.1, 0.15) is 17.7 Å². The number of methoxy groups -OCH3 is 1. The number of fused-ring (bicyclic) bond motifs is 3. The molecule has 2 aromatic carbocycles. The monoisotopic (exact) mass is 500 g/mol. The van der Waals surface area contributed by atoms with Gasteiger partial charge in [0.15, 0.2) is 0 Å². The van der Waals surface area contributed by atoms with Crippen molar-refractivity contribution in [2.45, 2.75) is 25.9 Å². The van der Waals surface area contributed by atoms with Crippen molar-refractivity contribution in [3.05, 3.63) is 70.0 Å². The fourth-order valence-corrected chi connectivity index (χ4v) is 5.41. The summed E-state index contributed by atoms with van der Waals surface area (Å²) < 4.78 is 13.4. The van der Waals surface area contributed by atoms with Crippen LogP contribution in [0.25, 0.3) is 22.2 Å². The van der Waals surface area contributed by atoms with Gasteiger partial charge in [-0.3, -0.25) is 15.0 Å². The quantitative estimate of drug-likeness (QED) is 0.291. The second-order valence-corrected chi connectivity index (χ2v) is 9.31. The highest BCUT2D eigenvalue weighted by molar-refractivity contribution is 5.97. The highest BCUT2D eigenvalue weighted by atomic mass is 16.6. The molecule has 0 saturated carbocycles. The van der Waals surface area contributed by atoms with Gasteiger partial charge >= 0.3 is 0 Å². The maximum atomic E-state index is 12.0. The van der Waals surface area contributed by atoms with E-state index in [0.717, 1.165) is 43.7 Å². The molecule has 1 saturated heterocycles. The van der Waals surface area contributed by atoms with E-state index in [9.17, 15) is 10.1 Å². The molecule has 4 aromatic rings. The Morgan fingerprint density at radius 2 is 2.00 bits per heavy atom. The van der Waals surface area contributed by atoms with Crippen molar-refractivity contribution < 1.29 is 14.4 Å². The first-order valence-electron chi connectivity index (χ1n) is 12.5. The summed E-state index contributed by atoms with van der Waals surface area (Å²) in [5, 5.41) is 16.3. The van der Waals surface area contributed by atoms with E-state index in [1.54, 1.807) is 19.4 Å². The number of hydrogen-bond donors (Lipinski definition) is 1. The maximum Gasteiger partial charge on any atom is 0.276 e. The SMILES string of the molecule is COc1cc(CN2CCOCC2)c([N+](=O)[O-])cc1Nc1nccc(-c2c3n(c4ccccc24)CCC3)n1. The van der Waals surface area contributed by atoms with Crippen LogP contribution in [-0.4, -0.2) is 57.8 Å². The summed E-state index contributed by atoms with van der Waals surface area (Å²) in [5.74, 6) is 0.853. The second kappa shape index (κ2) is 9.79. The predicted molar refractivity (Wildman–Crippen MR) is 140 cm³/mol. The van der Waals surface area contributed by atoms with Gasteiger partial charge < -0.3 is 19.4 Å². The molecule has 10 nitrogen and oxygen atoms in total. The molecule has 10 heteroatoms. The number of ether oxygens (including phenoxy) is 2. The van der Waals surface area contributed by atoms with E-state index in [0.29, 0.717) is 42.7 Å². The van der Waals surface area contributed by atoms with Gasteiger partial charge in [0, 0.05) is 66.2 Å². The van der Waals surface area contributed by atoms with Gasteiger partial charge in [0.2, 0.25) is 5.95 Å². The molecule has 0 unspecified atom stereocenters. The topological polar surface area (TPSA) is 108 Å². The van der Waals surface area contributed by atoms with E-state index in [-0.39, 0.29) is 10.6 Å². The Morgan fingerprint density at radius 3 is 2.81 bits per heavy atom. The summed E-state index contributed by atoms with van der Waals surface area (Å²) in [6, 6.07) is 13.5. The lowest BCUT2D eigenvalue weighted by Crippen LogP contribution is -2.35.